The number of H-pyrrole nitrogens is 1. The molecule has 0 fully saturated rings. The first-order chi connectivity index (χ1) is 8.25. The third-order valence-electron chi connectivity index (χ3n) is 2.42. The SMILES string of the molecule is Nc1n[nH]c(-c2csc(I)c2)c1-c1cccs1. The number of anilines is 1. The Labute approximate surface area is 120 Å². The summed E-state index contributed by atoms with van der Waals surface area (Å²) in [5.41, 5.74) is 9.10. The fourth-order valence-corrected chi connectivity index (χ4v) is 3.80. The van der Waals surface area contributed by atoms with E-state index in [4.69, 9.17) is 5.73 Å². The zero-order chi connectivity index (χ0) is 11.8. The molecule has 3 N–H and O–H groups in total. The number of hydrogen-bond donors (Lipinski definition) is 2. The van der Waals surface area contributed by atoms with E-state index in [1.807, 2.05) is 11.4 Å². The first-order valence-electron chi connectivity index (χ1n) is 4.88. The Kier molecular flexibility index (Phi) is 2.93. The van der Waals surface area contributed by atoms with Crippen LogP contribution in [0.1, 0.15) is 0 Å². The first kappa shape index (κ1) is 11.2. The number of rotatable bonds is 2. The fourth-order valence-electron chi connectivity index (χ4n) is 1.68. The standard InChI is InChI=1S/C11H8IN3S2/c12-8-4-6(5-17-8)10-9(11(13)15-14-10)7-2-1-3-16-7/h1-5H,(H3,13,14,15). The van der Waals surface area contributed by atoms with Gasteiger partial charge in [0.2, 0.25) is 0 Å². The van der Waals surface area contributed by atoms with Crippen molar-refractivity contribution in [3.63, 3.8) is 0 Å². The third-order valence-corrected chi connectivity index (χ3v) is 5.09. The van der Waals surface area contributed by atoms with Crippen molar-refractivity contribution < 1.29 is 0 Å². The van der Waals surface area contributed by atoms with Gasteiger partial charge in [-0.3, -0.25) is 5.10 Å². The first-order valence-corrected chi connectivity index (χ1v) is 7.71. The molecule has 17 heavy (non-hydrogen) atoms. The predicted molar refractivity (Wildman–Crippen MR) is 82.3 cm³/mol. The van der Waals surface area contributed by atoms with Crippen LogP contribution in [-0.4, -0.2) is 10.2 Å². The van der Waals surface area contributed by atoms with Crippen LogP contribution in [0.2, 0.25) is 0 Å². The molecule has 6 heteroatoms. The van der Waals surface area contributed by atoms with Gasteiger partial charge in [0.15, 0.2) is 5.82 Å². The Morgan fingerprint density at radius 3 is 2.88 bits per heavy atom. The molecule has 3 aromatic heterocycles. The Balaban J connectivity index is 2.19. The number of halogens is 1. The van der Waals surface area contributed by atoms with Crippen molar-refractivity contribution in [3.8, 4) is 21.7 Å². The number of hydrogen-bond acceptors (Lipinski definition) is 4. The van der Waals surface area contributed by atoms with Crippen LogP contribution in [0.4, 0.5) is 5.82 Å². The van der Waals surface area contributed by atoms with Crippen molar-refractivity contribution in [2.24, 2.45) is 0 Å². The van der Waals surface area contributed by atoms with Crippen molar-refractivity contribution in [2.45, 2.75) is 0 Å². The van der Waals surface area contributed by atoms with Crippen molar-refractivity contribution in [3.05, 3.63) is 31.8 Å². The summed E-state index contributed by atoms with van der Waals surface area (Å²) >= 11 is 5.70. The normalized spacial score (nSPS) is 10.9. The maximum Gasteiger partial charge on any atom is 0.154 e. The summed E-state index contributed by atoms with van der Waals surface area (Å²) < 4.78 is 1.25. The minimum atomic E-state index is 0.559. The Morgan fingerprint density at radius 1 is 1.35 bits per heavy atom. The number of nitrogen functional groups attached to an aromatic ring is 1. The Bertz CT molecular complexity index is 640. The molecule has 0 aliphatic rings. The van der Waals surface area contributed by atoms with E-state index in [-0.39, 0.29) is 0 Å². The number of nitrogens with two attached hydrogens (primary N) is 1. The molecule has 0 aliphatic carbocycles. The van der Waals surface area contributed by atoms with Gasteiger partial charge in [-0.05, 0) is 40.1 Å². The van der Waals surface area contributed by atoms with Gasteiger partial charge in [-0.15, -0.1) is 22.7 Å². The summed E-state index contributed by atoms with van der Waals surface area (Å²) in [6.07, 6.45) is 0. The van der Waals surface area contributed by atoms with Crippen LogP contribution in [0.25, 0.3) is 21.7 Å². The number of aromatic amines is 1. The number of thiophene rings is 2. The molecule has 0 aliphatic heterocycles. The van der Waals surface area contributed by atoms with Crippen LogP contribution in [0.3, 0.4) is 0 Å². The second-order valence-electron chi connectivity index (χ2n) is 3.48. The van der Waals surface area contributed by atoms with Gasteiger partial charge in [-0.25, -0.2) is 0 Å². The lowest BCUT2D eigenvalue weighted by molar-refractivity contribution is 1.10. The molecule has 0 aromatic carbocycles. The average Bonchev–Trinajstić information content (AvgIpc) is 2.97. The number of nitrogens with zero attached hydrogens (tertiary/aromatic N) is 1. The quantitative estimate of drug-likeness (QED) is 0.666. The lowest BCUT2D eigenvalue weighted by atomic mass is 10.1. The van der Waals surface area contributed by atoms with Crippen molar-refractivity contribution >= 4 is 51.1 Å². The highest BCUT2D eigenvalue weighted by atomic mass is 127. The summed E-state index contributed by atoms with van der Waals surface area (Å²) in [6, 6.07) is 6.22. The highest BCUT2D eigenvalue weighted by Crippen LogP contribution is 2.38. The van der Waals surface area contributed by atoms with E-state index in [1.165, 1.54) is 2.88 Å². The van der Waals surface area contributed by atoms with Crippen LogP contribution in [0.5, 0.6) is 0 Å². The molecule has 3 rings (SSSR count). The molecular formula is C11H8IN3S2. The highest BCUT2D eigenvalue weighted by molar-refractivity contribution is 14.1. The van der Waals surface area contributed by atoms with E-state index in [1.54, 1.807) is 22.7 Å². The topological polar surface area (TPSA) is 54.7 Å². The summed E-state index contributed by atoms with van der Waals surface area (Å²) in [5.74, 6) is 0.559. The Hall–Kier alpha value is -0.860. The van der Waals surface area contributed by atoms with Gasteiger partial charge in [0.25, 0.3) is 0 Å². The van der Waals surface area contributed by atoms with Gasteiger partial charge in [-0.2, -0.15) is 5.10 Å². The monoisotopic (exact) mass is 373 g/mol. The van der Waals surface area contributed by atoms with Crippen molar-refractivity contribution in [1.82, 2.24) is 10.2 Å². The highest BCUT2D eigenvalue weighted by Gasteiger charge is 2.16. The summed E-state index contributed by atoms with van der Waals surface area (Å²) in [7, 11) is 0. The van der Waals surface area contributed by atoms with E-state index in [2.05, 4.69) is 50.3 Å². The van der Waals surface area contributed by atoms with Gasteiger partial charge in [0.05, 0.1) is 14.1 Å². The minimum Gasteiger partial charge on any atom is -0.382 e. The summed E-state index contributed by atoms with van der Waals surface area (Å²) in [6.45, 7) is 0. The van der Waals surface area contributed by atoms with Gasteiger partial charge >= 0.3 is 0 Å². The molecule has 0 atom stereocenters. The molecule has 0 saturated heterocycles. The zero-order valence-electron chi connectivity index (χ0n) is 8.61. The van der Waals surface area contributed by atoms with Gasteiger partial charge in [0, 0.05) is 15.8 Å². The Morgan fingerprint density at radius 2 is 2.24 bits per heavy atom. The van der Waals surface area contributed by atoms with Crippen molar-refractivity contribution in [1.29, 1.82) is 0 Å². The van der Waals surface area contributed by atoms with Gasteiger partial charge in [0.1, 0.15) is 0 Å². The molecule has 0 bridgehead atoms. The fraction of sp³-hybridized carbons (Fsp3) is 0. The maximum atomic E-state index is 5.94. The van der Waals surface area contributed by atoms with Crippen LogP contribution in [-0.2, 0) is 0 Å². The van der Waals surface area contributed by atoms with Gasteiger partial charge in [-0.1, -0.05) is 6.07 Å². The van der Waals surface area contributed by atoms with Crippen molar-refractivity contribution in [2.75, 3.05) is 5.73 Å². The third kappa shape index (κ3) is 2.00. The predicted octanol–water partition coefficient (Wildman–Crippen LogP) is 4.05. The molecule has 0 saturated carbocycles. The second-order valence-corrected chi connectivity index (χ2v) is 7.23. The molecule has 0 radical (unpaired) electrons. The summed E-state index contributed by atoms with van der Waals surface area (Å²) in [4.78, 5) is 1.15. The second kappa shape index (κ2) is 4.43. The largest absolute Gasteiger partial charge is 0.382 e. The van der Waals surface area contributed by atoms with Gasteiger partial charge < -0.3 is 5.73 Å². The molecule has 0 spiro atoms. The molecular weight excluding hydrogens is 365 g/mol. The number of aromatic nitrogens is 2. The number of nitrogens with one attached hydrogen (secondary N) is 1. The molecule has 0 amide bonds. The lowest BCUT2D eigenvalue weighted by Crippen LogP contribution is -1.86. The van der Waals surface area contributed by atoms with Crippen LogP contribution < -0.4 is 5.73 Å². The molecule has 3 nitrogen and oxygen atoms in total. The van der Waals surface area contributed by atoms with E-state index in [0.717, 1.165) is 21.7 Å². The molecule has 3 aromatic rings. The molecule has 0 unspecified atom stereocenters. The van der Waals surface area contributed by atoms with E-state index < -0.39 is 0 Å². The minimum absolute atomic E-state index is 0.559. The van der Waals surface area contributed by atoms with Crippen LogP contribution in [0, 0.1) is 2.88 Å². The molecule has 3 heterocycles. The van der Waals surface area contributed by atoms with E-state index in [0.29, 0.717) is 5.82 Å². The summed E-state index contributed by atoms with van der Waals surface area (Å²) in [5, 5.41) is 11.3. The van der Waals surface area contributed by atoms with E-state index in [9.17, 15) is 0 Å². The van der Waals surface area contributed by atoms with Crippen LogP contribution in [0.15, 0.2) is 29.0 Å². The van der Waals surface area contributed by atoms with E-state index >= 15 is 0 Å². The smallest absolute Gasteiger partial charge is 0.154 e. The van der Waals surface area contributed by atoms with Crippen LogP contribution >= 0.6 is 45.3 Å². The lowest BCUT2D eigenvalue weighted by Gasteiger charge is -1.99. The molecule has 86 valence electrons. The maximum absolute atomic E-state index is 5.94. The zero-order valence-corrected chi connectivity index (χ0v) is 12.4. The average molecular weight is 373 g/mol.